The highest BCUT2D eigenvalue weighted by molar-refractivity contribution is 7.85. The van der Waals surface area contributed by atoms with E-state index in [1.54, 1.807) is 18.2 Å². The van der Waals surface area contributed by atoms with Crippen molar-refractivity contribution < 1.29 is 26.9 Å². The Morgan fingerprint density at radius 3 is 2.44 bits per heavy atom. The first kappa shape index (κ1) is 23.3. The molecule has 0 spiro atoms. The highest BCUT2D eigenvalue weighted by atomic mass is 32.2. The number of hydrogen-bond acceptors (Lipinski definition) is 6. The van der Waals surface area contributed by atoms with E-state index in [1.807, 2.05) is 23.5 Å². The standard InChI is InChI=1S/C22H22FN3O5S/c23-18-3-1-2-16(12-18)10-11-24-13-17-4-6-19(7-5-17)31-20-8-9-21(25-14-20)22(27)26-15-32(28,29)30/h1-9,12,14,24H,10-11,13,15H2,(H,26,27)(H,28,29,30). The van der Waals surface area contributed by atoms with Gasteiger partial charge in [-0.15, -0.1) is 0 Å². The molecule has 0 aliphatic heterocycles. The third-order valence-electron chi connectivity index (χ3n) is 4.35. The molecule has 1 aromatic heterocycles. The van der Waals surface area contributed by atoms with Gasteiger partial charge in [0.1, 0.15) is 28.9 Å². The summed E-state index contributed by atoms with van der Waals surface area (Å²) in [6.07, 6.45) is 2.07. The van der Waals surface area contributed by atoms with Crippen molar-refractivity contribution in [2.75, 3.05) is 12.4 Å². The summed E-state index contributed by atoms with van der Waals surface area (Å²) in [4.78, 5) is 15.7. The average molecular weight is 459 g/mol. The van der Waals surface area contributed by atoms with Crippen LogP contribution in [-0.4, -0.2) is 36.3 Å². The summed E-state index contributed by atoms with van der Waals surface area (Å²) in [6.45, 7) is 1.38. The van der Waals surface area contributed by atoms with Gasteiger partial charge in [-0.1, -0.05) is 24.3 Å². The van der Waals surface area contributed by atoms with Gasteiger partial charge in [-0.2, -0.15) is 8.42 Å². The van der Waals surface area contributed by atoms with Crippen molar-refractivity contribution in [3.63, 3.8) is 0 Å². The zero-order chi connectivity index (χ0) is 23.0. The quantitative estimate of drug-likeness (QED) is 0.315. The number of nitrogens with one attached hydrogen (secondary N) is 2. The fraction of sp³-hybridized carbons (Fsp3) is 0.182. The Hall–Kier alpha value is -3.34. The second kappa shape index (κ2) is 10.8. The lowest BCUT2D eigenvalue weighted by atomic mass is 10.1. The molecule has 10 heteroatoms. The molecule has 0 fully saturated rings. The number of rotatable bonds is 10. The lowest BCUT2D eigenvalue weighted by molar-refractivity contribution is 0.0954. The molecule has 3 aromatic rings. The van der Waals surface area contributed by atoms with E-state index in [0.29, 0.717) is 18.0 Å². The third-order valence-corrected chi connectivity index (χ3v) is 4.86. The monoisotopic (exact) mass is 459 g/mol. The number of carbonyl (C=O) groups is 1. The number of nitrogens with zero attached hydrogens (tertiary/aromatic N) is 1. The van der Waals surface area contributed by atoms with Gasteiger partial charge in [-0.3, -0.25) is 9.35 Å². The first-order valence-electron chi connectivity index (χ1n) is 9.70. The van der Waals surface area contributed by atoms with E-state index in [-0.39, 0.29) is 11.5 Å². The fourth-order valence-electron chi connectivity index (χ4n) is 2.79. The smallest absolute Gasteiger partial charge is 0.283 e. The molecule has 168 valence electrons. The Bertz CT molecular complexity index is 1150. The minimum Gasteiger partial charge on any atom is -0.456 e. The Labute approximate surface area is 185 Å². The lowest BCUT2D eigenvalue weighted by Gasteiger charge is -2.08. The van der Waals surface area contributed by atoms with Crippen LogP contribution < -0.4 is 15.4 Å². The minimum atomic E-state index is -4.30. The van der Waals surface area contributed by atoms with Crippen molar-refractivity contribution in [3.8, 4) is 11.5 Å². The molecule has 1 amide bonds. The van der Waals surface area contributed by atoms with Crippen molar-refractivity contribution in [2.45, 2.75) is 13.0 Å². The van der Waals surface area contributed by atoms with Crippen LogP contribution in [0.2, 0.25) is 0 Å². The van der Waals surface area contributed by atoms with E-state index in [2.05, 4.69) is 10.3 Å². The van der Waals surface area contributed by atoms with Crippen LogP contribution in [0, 0.1) is 5.82 Å². The van der Waals surface area contributed by atoms with Gasteiger partial charge in [-0.25, -0.2) is 9.37 Å². The molecule has 0 saturated carbocycles. The molecule has 0 saturated heterocycles. The summed E-state index contributed by atoms with van der Waals surface area (Å²) in [5.41, 5.74) is 1.98. The van der Waals surface area contributed by atoms with E-state index < -0.39 is 21.9 Å². The normalized spacial score (nSPS) is 11.2. The zero-order valence-corrected chi connectivity index (χ0v) is 17.8. The predicted octanol–water partition coefficient (Wildman–Crippen LogP) is 2.92. The Morgan fingerprint density at radius 2 is 1.78 bits per heavy atom. The minimum absolute atomic E-state index is 0.0133. The van der Waals surface area contributed by atoms with Gasteiger partial charge in [0.25, 0.3) is 16.0 Å². The van der Waals surface area contributed by atoms with Crippen molar-refractivity contribution >= 4 is 16.0 Å². The highest BCUT2D eigenvalue weighted by Gasteiger charge is 2.11. The largest absolute Gasteiger partial charge is 0.456 e. The molecule has 2 aromatic carbocycles. The van der Waals surface area contributed by atoms with Gasteiger partial charge in [0.15, 0.2) is 0 Å². The predicted molar refractivity (Wildman–Crippen MR) is 116 cm³/mol. The summed E-state index contributed by atoms with van der Waals surface area (Å²) >= 11 is 0. The molecule has 0 atom stereocenters. The summed E-state index contributed by atoms with van der Waals surface area (Å²) in [5.74, 6) is -0.874. The molecule has 1 heterocycles. The van der Waals surface area contributed by atoms with Crippen LogP contribution in [0.25, 0.3) is 0 Å². The van der Waals surface area contributed by atoms with E-state index in [1.165, 1.54) is 30.5 Å². The number of benzene rings is 2. The molecule has 0 unspecified atom stereocenters. The average Bonchev–Trinajstić information content (AvgIpc) is 2.76. The molecule has 3 rings (SSSR count). The first-order valence-corrected chi connectivity index (χ1v) is 11.3. The molecule has 32 heavy (non-hydrogen) atoms. The SMILES string of the molecule is O=C(NCS(=O)(=O)O)c1ccc(Oc2ccc(CNCCc3cccc(F)c3)cc2)cn1. The number of aromatic nitrogens is 1. The highest BCUT2D eigenvalue weighted by Crippen LogP contribution is 2.21. The second-order valence-electron chi connectivity index (χ2n) is 6.91. The van der Waals surface area contributed by atoms with Gasteiger partial charge >= 0.3 is 0 Å². The van der Waals surface area contributed by atoms with Crippen LogP contribution in [0.1, 0.15) is 21.6 Å². The molecule has 0 bridgehead atoms. The van der Waals surface area contributed by atoms with Gasteiger partial charge in [0.2, 0.25) is 0 Å². The molecule has 0 aliphatic carbocycles. The topological polar surface area (TPSA) is 118 Å². The molecular formula is C22H22FN3O5S. The lowest BCUT2D eigenvalue weighted by Crippen LogP contribution is -2.29. The van der Waals surface area contributed by atoms with Crippen molar-refractivity contribution in [2.24, 2.45) is 0 Å². The number of carbonyl (C=O) groups excluding carboxylic acids is 1. The van der Waals surface area contributed by atoms with Crippen LogP contribution in [-0.2, 0) is 23.1 Å². The maximum atomic E-state index is 13.2. The van der Waals surface area contributed by atoms with Crippen molar-refractivity contribution in [1.29, 1.82) is 0 Å². The number of hydrogen-bond donors (Lipinski definition) is 3. The Morgan fingerprint density at radius 1 is 1.03 bits per heavy atom. The molecule has 0 radical (unpaired) electrons. The van der Waals surface area contributed by atoms with Crippen LogP contribution in [0.15, 0.2) is 66.9 Å². The van der Waals surface area contributed by atoms with Crippen LogP contribution in [0.5, 0.6) is 11.5 Å². The number of pyridine rings is 1. The summed E-state index contributed by atoms with van der Waals surface area (Å²) in [7, 11) is -4.30. The number of ether oxygens (including phenoxy) is 1. The van der Waals surface area contributed by atoms with Gasteiger partial charge in [0.05, 0.1) is 6.20 Å². The molecule has 8 nitrogen and oxygen atoms in total. The Kier molecular flexibility index (Phi) is 7.87. The summed E-state index contributed by atoms with van der Waals surface area (Å²) in [6, 6.07) is 16.9. The van der Waals surface area contributed by atoms with E-state index in [0.717, 1.165) is 24.1 Å². The molecule has 3 N–H and O–H groups in total. The fourth-order valence-corrected chi connectivity index (χ4v) is 3.11. The van der Waals surface area contributed by atoms with E-state index in [9.17, 15) is 17.6 Å². The second-order valence-corrected chi connectivity index (χ2v) is 8.37. The summed E-state index contributed by atoms with van der Waals surface area (Å²) < 4.78 is 48.9. The number of amides is 1. The van der Waals surface area contributed by atoms with Gasteiger partial charge in [-0.05, 0) is 60.5 Å². The maximum Gasteiger partial charge on any atom is 0.283 e. The number of halogens is 1. The van der Waals surface area contributed by atoms with Crippen molar-refractivity contribution in [3.05, 3.63) is 89.5 Å². The molecule has 0 aliphatic rings. The summed E-state index contributed by atoms with van der Waals surface area (Å²) in [5, 5.41) is 5.35. The first-order chi connectivity index (χ1) is 15.3. The van der Waals surface area contributed by atoms with E-state index >= 15 is 0 Å². The van der Waals surface area contributed by atoms with Crippen LogP contribution >= 0.6 is 0 Å². The Balaban J connectivity index is 1.45. The molecular weight excluding hydrogens is 437 g/mol. The third kappa shape index (κ3) is 7.73. The zero-order valence-electron chi connectivity index (χ0n) is 17.0. The van der Waals surface area contributed by atoms with E-state index in [4.69, 9.17) is 9.29 Å². The van der Waals surface area contributed by atoms with Gasteiger partial charge in [0, 0.05) is 6.54 Å². The maximum absolute atomic E-state index is 13.2. The van der Waals surface area contributed by atoms with Gasteiger partial charge < -0.3 is 15.4 Å². The van der Waals surface area contributed by atoms with Crippen molar-refractivity contribution in [1.82, 2.24) is 15.6 Å². The van der Waals surface area contributed by atoms with Crippen LogP contribution in [0.3, 0.4) is 0 Å². The van der Waals surface area contributed by atoms with Crippen LogP contribution in [0.4, 0.5) is 4.39 Å².